The molecule has 1 aromatic carbocycles. The van der Waals surface area contributed by atoms with Crippen LogP contribution in [0.4, 0.5) is 18.0 Å². The molecule has 2 aliphatic rings. The zero-order chi connectivity index (χ0) is 20.0. The Balaban J connectivity index is 1.74. The molecule has 3 atom stereocenters. The zero-order valence-electron chi connectivity index (χ0n) is 15.2. The minimum absolute atomic E-state index is 0.00463. The maximum Gasteiger partial charge on any atom is 0.492 e. The highest BCUT2D eigenvalue weighted by atomic mass is 35.5. The van der Waals surface area contributed by atoms with Gasteiger partial charge in [-0.25, -0.2) is 4.79 Å². The molecule has 0 spiro atoms. The van der Waals surface area contributed by atoms with Gasteiger partial charge in [0.1, 0.15) is 0 Å². The van der Waals surface area contributed by atoms with E-state index in [2.05, 4.69) is 26.1 Å². The molecule has 0 saturated heterocycles. The van der Waals surface area contributed by atoms with Crippen molar-refractivity contribution in [3.8, 4) is 11.5 Å². The van der Waals surface area contributed by atoms with E-state index < -0.39 is 18.1 Å². The molecule has 5 nitrogen and oxygen atoms in total. The number of rotatable bonds is 2. The molecule has 1 fully saturated rings. The van der Waals surface area contributed by atoms with Crippen LogP contribution >= 0.6 is 11.6 Å². The highest BCUT2D eigenvalue weighted by molar-refractivity contribution is 6.30. The van der Waals surface area contributed by atoms with Gasteiger partial charge in [-0.2, -0.15) is 13.2 Å². The molecule has 1 aromatic rings. The number of carbonyl (C=O) groups excluding carboxylic acids is 1. The monoisotopic (exact) mass is 406 g/mol. The highest BCUT2D eigenvalue weighted by Crippen LogP contribution is 2.46. The van der Waals surface area contributed by atoms with E-state index in [0.29, 0.717) is 18.8 Å². The van der Waals surface area contributed by atoms with E-state index >= 15 is 0 Å². The Labute approximate surface area is 160 Å². The summed E-state index contributed by atoms with van der Waals surface area (Å²) in [6.07, 6.45) is -2.62. The van der Waals surface area contributed by atoms with Gasteiger partial charge in [-0.05, 0) is 42.7 Å². The maximum atomic E-state index is 13.7. The number of hydrogen-bond donors (Lipinski definition) is 2. The molecule has 0 radical (unpaired) electrons. The fourth-order valence-corrected chi connectivity index (χ4v) is 4.20. The summed E-state index contributed by atoms with van der Waals surface area (Å²) in [5.74, 6) is -3.27. The number of carbonyl (C=O) groups is 1. The summed E-state index contributed by atoms with van der Waals surface area (Å²) >= 11 is 5.79. The molecule has 1 aliphatic carbocycles. The first kappa shape index (κ1) is 19.9. The highest BCUT2D eigenvalue weighted by Gasteiger charge is 2.65. The molecule has 2 N–H and O–H groups in total. The van der Waals surface area contributed by atoms with Crippen molar-refractivity contribution in [1.82, 2.24) is 10.6 Å². The second kappa shape index (κ2) is 6.65. The molecule has 2 amide bonds. The third kappa shape index (κ3) is 4.20. The molecule has 150 valence electrons. The van der Waals surface area contributed by atoms with Crippen LogP contribution in [0.3, 0.4) is 0 Å². The number of fused-ring (bicyclic) bond motifs is 1. The Kier molecular flexibility index (Phi) is 4.91. The second-order valence-electron chi connectivity index (χ2n) is 8.12. The predicted molar refractivity (Wildman–Crippen MR) is 93.7 cm³/mol. The van der Waals surface area contributed by atoms with Crippen LogP contribution in [0.1, 0.15) is 40.0 Å². The number of hydrogen-bond acceptors (Lipinski definition) is 3. The SMILES string of the molecule is C[C@@H]1C[C@@H](NC(=O)N[C@]2(C(F)(F)F)Oc3ccc(Cl)cc3O2)CC(C)(C)C1. The summed E-state index contributed by atoms with van der Waals surface area (Å²) in [6.45, 7) is 6.22. The summed E-state index contributed by atoms with van der Waals surface area (Å²) in [7, 11) is 0. The molecule has 27 heavy (non-hydrogen) atoms. The van der Waals surface area contributed by atoms with Crippen LogP contribution in [0.2, 0.25) is 5.02 Å². The summed E-state index contributed by atoms with van der Waals surface area (Å²) in [4.78, 5) is 12.3. The molecule has 0 aromatic heterocycles. The van der Waals surface area contributed by atoms with Crippen molar-refractivity contribution in [3.63, 3.8) is 0 Å². The van der Waals surface area contributed by atoms with Gasteiger partial charge in [-0.3, -0.25) is 5.32 Å². The van der Waals surface area contributed by atoms with Crippen molar-refractivity contribution in [2.45, 2.75) is 58.2 Å². The van der Waals surface area contributed by atoms with E-state index in [9.17, 15) is 18.0 Å². The first-order valence-electron chi connectivity index (χ1n) is 8.72. The lowest BCUT2D eigenvalue weighted by Crippen LogP contribution is -2.67. The quantitative estimate of drug-likeness (QED) is 0.738. The summed E-state index contributed by atoms with van der Waals surface area (Å²) in [6, 6.07) is 2.61. The van der Waals surface area contributed by atoms with Crippen LogP contribution in [0.5, 0.6) is 11.5 Å². The van der Waals surface area contributed by atoms with Gasteiger partial charge in [0.2, 0.25) is 0 Å². The summed E-state index contributed by atoms with van der Waals surface area (Å²) < 4.78 is 51.0. The fraction of sp³-hybridized carbons (Fsp3) is 0.611. The fourth-order valence-electron chi connectivity index (χ4n) is 4.04. The van der Waals surface area contributed by atoms with Gasteiger partial charge in [0.15, 0.2) is 11.5 Å². The number of nitrogens with one attached hydrogen (secondary N) is 2. The summed E-state index contributed by atoms with van der Waals surface area (Å²) in [5, 5.41) is 4.65. The minimum atomic E-state index is -5.00. The molecule has 1 aliphatic heterocycles. The molecule has 0 unspecified atom stereocenters. The van der Waals surface area contributed by atoms with Crippen LogP contribution in [-0.4, -0.2) is 24.2 Å². The molecule has 3 rings (SSSR count). The van der Waals surface area contributed by atoms with E-state index in [1.165, 1.54) is 18.2 Å². The number of alkyl halides is 3. The minimum Gasteiger partial charge on any atom is -0.424 e. The van der Waals surface area contributed by atoms with Gasteiger partial charge in [0, 0.05) is 17.1 Å². The number of amides is 2. The Hall–Kier alpha value is -1.83. The molecular formula is C18H22ClF3N2O3. The number of ether oxygens (including phenoxy) is 2. The molecule has 9 heteroatoms. The Bertz CT molecular complexity index is 741. The van der Waals surface area contributed by atoms with Crippen LogP contribution in [0.25, 0.3) is 0 Å². The standard InChI is InChI=1S/C18H22ClF3N2O3/c1-10-6-12(9-16(2,3)8-10)23-15(25)24-18(17(20,21)22)26-13-5-4-11(19)7-14(13)27-18/h4-5,7,10,12H,6,8-9H2,1-3H3,(H2,23,24,25)/t10-,12-,18-/m1/s1. The Morgan fingerprint density at radius 3 is 2.52 bits per heavy atom. The van der Waals surface area contributed by atoms with Crippen molar-refractivity contribution in [1.29, 1.82) is 0 Å². The number of urea groups is 1. The van der Waals surface area contributed by atoms with Gasteiger partial charge >= 0.3 is 18.1 Å². The van der Waals surface area contributed by atoms with Crippen LogP contribution < -0.4 is 20.1 Å². The molecule has 1 saturated carbocycles. The van der Waals surface area contributed by atoms with E-state index in [4.69, 9.17) is 21.1 Å². The van der Waals surface area contributed by atoms with Crippen LogP contribution in [0, 0.1) is 11.3 Å². The van der Waals surface area contributed by atoms with Crippen LogP contribution in [0.15, 0.2) is 18.2 Å². The van der Waals surface area contributed by atoms with Crippen molar-refractivity contribution >= 4 is 17.6 Å². The van der Waals surface area contributed by atoms with E-state index in [1.54, 1.807) is 0 Å². The maximum absolute atomic E-state index is 13.7. The zero-order valence-corrected chi connectivity index (χ0v) is 16.0. The second-order valence-corrected chi connectivity index (χ2v) is 8.55. The van der Waals surface area contributed by atoms with E-state index in [-0.39, 0.29) is 28.0 Å². The number of benzene rings is 1. The molecular weight excluding hydrogens is 385 g/mol. The third-order valence-corrected chi connectivity index (χ3v) is 5.02. The molecule has 1 heterocycles. The van der Waals surface area contributed by atoms with Crippen molar-refractivity contribution in [2.75, 3.05) is 0 Å². The van der Waals surface area contributed by atoms with Crippen LogP contribution in [-0.2, 0) is 0 Å². The van der Waals surface area contributed by atoms with Crippen molar-refractivity contribution < 1.29 is 27.4 Å². The smallest absolute Gasteiger partial charge is 0.424 e. The third-order valence-electron chi connectivity index (χ3n) is 4.79. The predicted octanol–water partition coefficient (Wildman–Crippen LogP) is 4.84. The Morgan fingerprint density at radius 1 is 1.22 bits per heavy atom. The first-order chi connectivity index (χ1) is 12.4. The van der Waals surface area contributed by atoms with Crippen molar-refractivity contribution in [2.24, 2.45) is 11.3 Å². The van der Waals surface area contributed by atoms with Gasteiger partial charge in [-0.1, -0.05) is 32.4 Å². The van der Waals surface area contributed by atoms with Gasteiger partial charge in [0.05, 0.1) is 0 Å². The first-order valence-corrected chi connectivity index (χ1v) is 9.10. The topological polar surface area (TPSA) is 59.6 Å². The Morgan fingerprint density at radius 2 is 1.89 bits per heavy atom. The average molecular weight is 407 g/mol. The number of halogens is 4. The lowest BCUT2D eigenvalue weighted by atomic mass is 9.71. The van der Waals surface area contributed by atoms with Gasteiger partial charge < -0.3 is 14.8 Å². The van der Waals surface area contributed by atoms with Crippen molar-refractivity contribution in [3.05, 3.63) is 23.2 Å². The normalized spacial score (nSPS) is 29.3. The lowest BCUT2D eigenvalue weighted by Gasteiger charge is -2.39. The van der Waals surface area contributed by atoms with E-state index in [0.717, 1.165) is 6.42 Å². The summed E-state index contributed by atoms with van der Waals surface area (Å²) in [5.41, 5.74) is 0.00463. The largest absolute Gasteiger partial charge is 0.492 e. The average Bonchev–Trinajstić information content (AvgIpc) is 2.82. The van der Waals surface area contributed by atoms with Gasteiger partial charge in [0.25, 0.3) is 0 Å². The van der Waals surface area contributed by atoms with E-state index in [1.807, 2.05) is 5.32 Å². The van der Waals surface area contributed by atoms with Gasteiger partial charge in [-0.15, -0.1) is 0 Å². The lowest BCUT2D eigenvalue weighted by molar-refractivity contribution is -0.317. The molecule has 0 bridgehead atoms.